The lowest BCUT2D eigenvalue weighted by Crippen LogP contribution is -2.34. The van der Waals surface area contributed by atoms with E-state index in [-0.39, 0.29) is 5.91 Å². The normalized spacial score (nSPS) is 26.2. The van der Waals surface area contributed by atoms with E-state index in [9.17, 15) is 4.79 Å². The maximum Gasteiger partial charge on any atom is 0.256 e. The minimum Gasteiger partial charge on any atom is -0.390 e. The highest BCUT2D eigenvalue weighted by molar-refractivity contribution is 7.16. The monoisotopic (exact) mass is 265 g/mol. The molecule has 2 unspecified atom stereocenters. The lowest BCUT2D eigenvalue weighted by atomic mass is 9.97. The Morgan fingerprint density at radius 2 is 2.17 bits per heavy atom. The van der Waals surface area contributed by atoms with Gasteiger partial charge in [-0.1, -0.05) is 0 Å². The number of nitrogens with two attached hydrogens (primary N) is 1. The average Bonchev–Trinajstić information content (AvgIpc) is 2.75. The van der Waals surface area contributed by atoms with Gasteiger partial charge in [-0.05, 0) is 31.9 Å². The fourth-order valence-electron chi connectivity index (χ4n) is 3.24. The van der Waals surface area contributed by atoms with E-state index in [1.165, 1.54) is 23.3 Å². The van der Waals surface area contributed by atoms with Crippen LogP contribution in [0.4, 0.5) is 5.00 Å². The first-order valence-corrected chi connectivity index (χ1v) is 7.17. The van der Waals surface area contributed by atoms with Crippen molar-refractivity contribution in [3.05, 3.63) is 16.0 Å². The Balaban J connectivity index is 2.10. The van der Waals surface area contributed by atoms with Crippen molar-refractivity contribution in [3.8, 4) is 0 Å². The predicted molar refractivity (Wildman–Crippen MR) is 74.0 cm³/mol. The number of nitrogen functional groups attached to an aromatic ring is 1. The first-order valence-electron chi connectivity index (χ1n) is 6.35. The van der Waals surface area contributed by atoms with Gasteiger partial charge in [-0.3, -0.25) is 9.69 Å². The van der Waals surface area contributed by atoms with Gasteiger partial charge in [0.1, 0.15) is 0 Å². The second-order valence-corrected chi connectivity index (χ2v) is 6.58. The molecule has 0 saturated carbocycles. The van der Waals surface area contributed by atoms with Crippen LogP contribution in [0.15, 0.2) is 0 Å². The molecule has 2 atom stereocenters. The molecule has 98 valence electrons. The molecule has 0 aromatic carbocycles. The highest BCUT2D eigenvalue weighted by Gasteiger charge is 2.41. The zero-order valence-electron chi connectivity index (χ0n) is 11.1. The van der Waals surface area contributed by atoms with Crippen LogP contribution in [-0.2, 0) is 6.42 Å². The number of thiophene rings is 1. The average molecular weight is 265 g/mol. The van der Waals surface area contributed by atoms with Gasteiger partial charge in [0.25, 0.3) is 5.91 Å². The van der Waals surface area contributed by atoms with E-state index in [0.29, 0.717) is 17.1 Å². The van der Waals surface area contributed by atoms with Gasteiger partial charge in [-0.25, -0.2) is 0 Å². The number of rotatable bonds is 1. The fourth-order valence-corrected chi connectivity index (χ4v) is 4.52. The van der Waals surface area contributed by atoms with Crippen LogP contribution in [0.1, 0.15) is 39.7 Å². The van der Waals surface area contributed by atoms with Crippen LogP contribution in [0.25, 0.3) is 0 Å². The summed E-state index contributed by atoms with van der Waals surface area (Å²) in [4.78, 5) is 17.7. The standard InChI is InChI=1S/C13H19N3OS/c1-15(2)13(17)10-8-6-7-4-5-9(16(7)3)11(8)18-12(10)14/h7,9H,4-6,14H2,1-3H3. The van der Waals surface area contributed by atoms with E-state index in [4.69, 9.17) is 5.73 Å². The molecule has 1 saturated heterocycles. The molecule has 2 bridgehead atoms. The van der Waals surface area contributed by atoms with Gasteiger partial charge in [0.2, 0.25) is 0 Å². The first kappa shape index (κ1) is 12.0. The third-order valence-corrected chi connectivity index (χ3v) is 5.43. The second kappa shape index (κ2) is 3.96. The van der Waals surface area contributed by atoms with Gasteiger partial charge >= 0.3 is 0 Å². The zero-order chi connectivity index (χ0) is 13.0. The molecule has 0 aliphatic carbocycles. The van der Waals surface area contributed by atoms with Crippen LogP contribution in [-0.4, -0.2) is 42.9 Å². The largest absolute Gasteiger partial charge is 0.390 e. The van der Waals surface area contributed by atoms with E-state index in [1.807, 2.05) is 0 Å². The molecule has 3 heterocycles. The molecular formula is C13H19N3OS. The number of fused-ring (bicyclic) bond motifs is 4. The minimum absolute atomic E-state index is 0.0500. The van der Waals surface area contributed by atoms with Gasteiger partial charge in [0.05, 0.1) is 10.6 Å². The molecule has 18 heavy (non-hydrogen) atoms. The molecule has 2 aliphatic rings. The smallest absolute Gasteiger partial charge is 0.256 e. The van der Waals surface area contributed by atoms with E-state index in [2.05, 4.69) is 11.9 Å². The summed E-state index contributed by atoms with van der Waals surface area (Å²) in [5, 5.41) is 0.694. The molecule has 0 radical (unpaired) electrons. The summed E-state index contributed by atoms with van der Waals surface area (Å²) in [6.07, 6.45) is 3.41. The number of anilines is 1. The Bertz CT molecular complexity index is 509. The van der Waals surface area contributed by atoms with Crippen molar-refractivity contribution in [1.82, 2.24) is 9.80 Å². The number of carbonyl (C=O) groups excluding carboxylic acids is 1. The number of hydrogen-bond donors (Lipinski definition) is 1. The summed E-state index contributed by atoms with van der Waals surface area (Å²) < 4.78 is 0. The molecule has 1 fully saturated rings. The van der Waals surface area contributed by atoms with Gasteiger partial charge < -0.3 is 10.6 Å². The summed E-state index contributed by atoms with van der Waals surface area (Å²) in [5.41, 5.74) is 8.08. The number of likely N-dealkylation sites (N-methyl/N-ethyl adjacent to an activating group) is 1. The SMILES string of the molecule is CN(C)C(=O)c1c(N)sc2c1CC1CCC2N1C. The molecule has 5 heteroatoms. The van der Waals surface area contributed by atoms with Crippen molar-refractivity contribution in [3.63, 3.8) is 0 Å². The molecule has 2 aliphatic heterocycles. The van der Waals surface area contributed by atoms with E-state index >= 15 is 0 Å². The van der Waals surface area contributed by atoms with Crippen LogP contribution < -0.4 is 5.73 Å². The van der Waals surface area contributed by atoms with Gasteiger partial charge in [-0.15, -0.1) is 11.3 Å². The zero-order valence-corrected chi connectivity index (χ0v) is 11.9. The number of nitrogens with zero attached hydrogens (tertiary/aromatic N) is 2. The maximum absolute atomic E-state index is 12.3. The minimum atomic E-state index is 0.0500. The third-order valence-electron chi connectivity index (χ3n) is 4.27. The van der Waals surface area contributed by atoms with Crippen molar-refractivity contribution < 1.29 is 4.79 Å². The summed E-state index contributed by atoms with van der Waals surface area (Å²) in [6, 6.07) is 1.07. The van der Waals surface area contributed by atoms with Gasteiger partial charge in [-0.2, -0.15) is 0 Å². The van der Waals surface area contributed by atoms with E-state index < -0.39 is 0 Å². The molecule has 1 aromatic heterocycles. The van der Waals surface area contributed by atoms with Gasteiger partial charge in [0, 0.05) is 31.1 Å². The summed E-state index contributed by atoms with van der Waals surface area (Å²) in [5.74, 6) is 0.0500. The van der Waals surface area contributed by atoms with Crippen LogP contribution in [0.3, 0.4) is 0 Å². The quantitative estimate of drug-likeness (QED) is 0.841. The third kappa shape index (κ3) is 1.50. The predicted octanol–water partition coefficient (Wildman–Crippen LogP) is 1.72. The molecular weight excluding hydrogens is 246 g/mol. The molecule has 2 N–H and O–H groups in total. The van der Waals surface area contributed by atoms with Crippen molar-refractivity contribution in [2.24, 2.45) is 0 Å². The summed E-state index contributed by atoms with van der Waals surface area (Å²) >= 11 is 1.61. The van der Waals surface area contributed by atoms with Gasteiger partial charge in [0.15, 0.2) is 0 Å². The second-order valence-electron chi connectivity index (χ2n) is 5.50. The topological polar surface area (TPSA) is 49.6 Å². The van der Waals surface area contributed by atoms with Crippen LogP contribution >= 0.6 is 11.3 Å². The fraction of sp³-hybridized carbons (Fsp3) is 0.615. The molecule has 1 amide bonds. The Morgan fingerprint density at radius 3 is 2.83 bits per heavy atom. The van der Waals surface area contributed by atoms with Crippen LogP contribution in [0.5, 0.6) is 0 Å². The van der Waals surface area contributed by atoms with E-state index in [1.54, 1.807) is 30.3 Å². The van der Waals surface area contributed by atoms with Crippen molar-refractivity contribution in [2.75, 3.05) is 26.9 Å². The van der Waals surface area contributed by atoms with Crippen LogP contribution in [0, 0.1) is 0 Å². The van der Waals surface area contributed by atoms with Crippen molar-refractivity contribution in [2.45, 2.75) is 31.3 Å². The van der Waals surface area contributed by atoms with E-state index in [0.717, 1.165) is 12.0 Å². The van der Waals surface area contributed by atoms with Crippen LogP contribution in [0.2, 0.25) is 0 Å². The molecule has 4 nitrogen and oxygen atoms in total. The Hall–Kier alpha value is -1.07. The van der Waals surface area contributed by atoms with Crippen molar-refractivity contribution >= 4 is 22.2 Å². The molecule has 1 aromatic rings. The highest BCUT2D eigenvalue weighted by Crippen LogP contribution is 2.48. The lowest BCUT2D eigenvalue weighted by Gasteiger charge is -2.31. The Kier molecular flexibility index (Phi) is 2.64. The maximum atomic E-state index is 12.3. The summed E-state index contributed by atoms with van der Waals surface area (Å²) in [6.45, 7) is 0. The first-order chi connectivity index (χ1) is 8.50. The van der Waals surface area contributed by atoms with Crippen molar-refractivity contribution in [1.29, 1.82) is 0 Å². The molecule has 0 spiro atoms. The number of carbonyl (C=O) groups is 1. The number of hydrogen-bond acceptors (Lipinski definition) is 4. The Morgan fingerprint density at radius 1 is 1.44 bits per heavy atom. The summed E-state index contributed by atoms with van der Waals surface area (Å²) in [7, 11) is 5.76. The molecule has 3 rings (SSSR count). The highest BCUT2D eigenvalue weighted by atomic mass is 32.1. The lowest BCUT2D eigenvalue weighted by molar-refractivity contribution is 0.0827. The Labute approximate surface area is 111 Å². The number of amides is 1.